The first-order valence-corrected chi connectivity index (χ1v) is 6.75. The Balaban J connectivity index is 1.64. The second-order valence-corrected chi connectivity index (χ2v) is 5.02. The van der Waals surface area contributed by atoms with E-state index >= 15 is 0 Å². The van der Waals surface area contributed by atoms with E-state index in [0.29, 0.717) is 13.2 Å². The van der Waals surface area contributed by atoms with E-state index in [2.05, 4.69) is 5.32 Å². The molecule has 0 saturated heterocycles. The molecule has 4 heteroatoms. The maximum atomic E-state index is 11.8. The van der Waals surface area contributed by atoms with Crippen LogP contribution in [0.3, 0.4) is 0 Å². The Hall–Kier alpha value is -1.06. The maximum Gasteiger partial charge on any atom is 0.242 e. The lowest BCUT2D eigenvalue weighted by Gasteiger charge is -2.10. The van der Waals surface area contributed by atoms with Crippen molar-refractivity contribution in [1.82, 2.24) is 5.32 Å². The van der Waals surface area contributed by atoms with E-state index in [1.807, 2.05) is 30.3 Å². The molecule has 0 aliphatic heterocycles. The molecule has 1 aliphatic carbocycles. The van der Waals surface area contributed by atoms with Gasteiger partial charge in [0.2, 0.25) is 5.91 Å². The minimum absolute atomic E-state index is 0.169. The molecule has 1 aromatic rings. The van der Waals surface area contributed by atoms with Crippen LogP contribution in [0.5, 0.6) is 0 Å². The summed E-state index contributed by atoms with van der Waals surface area (Å²) in [7, 11) is 0. The summed E-state index contributed by atoms with van der Waals surface area (Å²) in [5, 5.41) is 2.15. The smallest absolute Gasteiger partial charge is 0.242 e. The van der Waals surface area contributed by atoms with Gasteiger partial charge in [-0.25, -0.2) is 0 Å². The van der Waals surface area contributed by atoms with Crippen molar-refractivity contribution in [3.05, 3.63) is 35.9 Å². The van der Waals surface area contributed by atoms with Crippen LogP contribution in [-0.4, -0.2) is 25.7 Å². The molecule has 0 bridgehead atoms. The summed E-state index contributed by atoms with van der Waals surface area (Å²) in [4.78, 5) is 11.8. The minimum atomic E-state index is -0.630. The van der Waals surface area contributed by atoms with Crippen LogP contribution in [0.2, 0.25) is 0 Å². The highest BCUT2D eigenvalue weighted by Crippen LogP contribution is 2.28. The number of benzene rings is 1. The highest BCUT2D eigenvalue weighted by molar-refractivity contribution is 6.30. The topological polar surface area (TPSA) is 38.3 Å². The minimum Gasteiger partial charge on any atom is -0.379 e. The highest BCUT2D eigenvalue weighted by Gasteiger charge is 2.21. The van der Waals surface area contributed by atoms with E-state index < -0.39 is 5.38 Å². The SMILES string of the molecule is O=C(NCCOCC1CC1)C(Cl)c1ccccc1. The zero-order valence-electron chi connectivity index (χ0n) is 10.3. The maximum absolute atomic E-state index is 11.8. The lowest BCUT2D eigenvalue weighted by atomic mass is 10.1. The van der Waals surface area contributed by atoms with Crippen LogP contribution in [0.25, 0.3) is 0 Å². The lowest BCUT2D eigenvalue weighted by molar-refractivity contribution is -0.121. The fourth-order valence-corrected chi connectivity index (χ4v) is 1.87. The number of amides is 1. The zero-order chi connectivity index (χ0) is 12.8. The molecule has 0 heterocycles. The number of rotatable bonds is 7. The second-order valence-electron chi connectivity index (χ2n) is 4.58. The van der Waals surface area contributed by atoms with Gasteiger partial charge in [-0.2, -0.15) is 0 Å². The van der Waals surface area contributed by atoms with Gasteiger partial charge in [0.25, 0.3) is 0 Å². The molecule has 3 nitrogen and oxygen atoms in total. The molecule has 0 spiro atoms. The molecule has 0 aromatic heterocycles. The number of hydrogen-bond donors (Lipinski definition) is 1. The summed E-state index contributed by atoms with van der Waals surface area (Å²) in [5.41, 5.74) is 0.815. The van der Waals surface area contributed by atoms with Gasteiger partial charge in [-0.3, -0.25) is 4.79 Å². The Bertz CT molecular complexity index is 379. The molecule has 2 rings (SSSR count). The fraction of sp³-hybridized carbons (Fsp3) is 0.500. The quantitative estimate of drug-likeness (QED) is 0.609. The molecule has 1 unspecified atom stereocenters. The Morgan fingerprint density at radius 1 is 1.39 bits per heavy atom. The summed E-state index contributed by atoms with van der Waals surface area (Å²) < 4.78 is 5.44. The normalized spacial score (nSPS) is 16.3. The Labute approximate surface area is 112 Å². The predicted molar refractivity (Wildman–Crippen MR) is 71.6 cm³/mol. The molecule has 98 valence electrons. The molecule has 1 aliphatic rings. The molecular weight excluding hydrogens is 250 g/mol. The number of alkyl halides is 1. The molecule has 1 N–H and O–H groups in total. The summed E-state index contributed by atoms with van der Waals surface area (Å²) in [6.45, 7) is 1.89. The van der Waals surface area contributed by atoms with Gasteiger partial charge in [0.05, 0.1) is 6.61 Å². The summed E-state index contributed by atoms with van der Waals surface area (Å²) in [6, 6.07) is 9.34. The third kappa shape index (κ3) is 4.31. The molecule has 1 aromatic carbocycles. The van der Waals surface area contributed by atoms with Crippen molar-refractivity contribution in [3.8, 4) is 0 Å². The first kappa shape index (κ1) is 13.4. The van der Waals surface area contributed by atoms with Gasteiger partial charge in [0, 0.05) is 13.2 Å². The molecule has 0 radical (unpaired) electrons. The number of ether oxygens (including phenoxy) is 1. The number of nitrogens with one attached hydrogen (secondary N) is 1. The van der Waals surface area contributed by atoms with Gasteiger partial charge < -0.3 is 10.1 Å². The van der Waals surface area contributed by atoms with E-state index in [4.69, 9.17) is 16.3 Å². The van der Waals surface area contributed by atoms with Gasteiger partial charge in [-0.1, -0.05) is 30.3 Å². The summed E-state index contributed by atoms with van der Waals surface area (Å²) in [6.07, 6.45) is 2.56. The van der Waals surface area contributed by atoms with E-state index in [1.54, 1.807) is 0 Å². The van der Waals surface area contributed by atoms with E-state index in [0.717, 1.165) is 18.1 Å². The van der Waals surface area contributed by atoms with Crippen LogP contribution in [0.1, 0.15) is 23.8 Å². The number of halogens is 1. The zero-order valence-corrected chi connectivity index (χ0v) is 11.0. The third-order valence-corrected chi connectivity index (χ3v) is 3.37. The first-order valence-electron chi connectivity index (χ1n) is 6.32. The molecule has 1 saturated carbocycles. The van der Waals surface area contributed by atoms with Crippen LogP contribution >= 0.6 is 11.6 Å². The lowest BCUT2D eigenvalue weighted by Crippen LogP contribution is -2.30. The van der Waals surface area contributed by atoms with Crippen molar-refractivity contribution in [2.45, 2.75) is 18.2 Å². The van der Waals surface area contributed by atoms with Crippen molar-refractivity contribution < 1.29 is 9.53 Å². The van der Waals surface area contributed by atoms with Crippen LogP contribution in [0.15, 0.2) is 30.3 Å². The summed E-state index contributed by atoms with van der Waals surface area (Å²) in [5.74, 6) is 0.587. The highest BCUT2D eigenvalue weighted by atomic mass is 35.5. The summed E-state index contributed by atoms with van der Waals surface area (Å²) >= 11 is 6.08. The average molecular weight is 268 g/mol. The van der Waals surface area contributed by atoms with Gasteiger partial charge in [-0.05, 0) is 24.3 Å². The number of carbonyl (C=O) groups is 1. The van der Waals surface area contributed by atoms with Crippen LogP contribution < -0.4 is 5.32 Å². The van der Waals surface area contributed by atoms with E-state index in [9.17, 15) is 4.79 Å². The molecular formula is C14H18ClNO2. The third-order valence-electron chi connectivity index (χ3n) is 2.92. The number of carbonyl (C=O) groups excluding carboxylic acids is 1. The van der Waals surface area contributed by atoms with Crippen molar-refractivity contribution in [3.63, 3.8) is 0 Å². The van der Waals surface area contributed by atoms with Crippen molar-refractivity contribution in [1.29, 1.82) is 0 Å². The molecule has 1 fully saturated rings. The van der Waals surface area contributed by atoms with E-state index in [-0.39, 0.29) is 5.91 Å². The largest absolute Gasteiger partial charge is 0.379 e. The van der Waals surface area contributed by atoms with Gasteiger partial charge in [-0.15, -0.1) is 11.6 Å². The van der Waals surface area contributed by atoms with Crippen molar-refractivity contribution in [2.24, 2.45) is 5.92 Å². The predicted octanol–water partition coefficient (Wildman–Crippen LogP) is 2.51. The van der Waals surface area contributed by atoms with Crippen molar-refractivity contribution in [2.75, 3.05) is 19.8 Å². The van der Waals surface area contributed by atoms with Gasteiger partial charge in [0.1, 0.15) is 5.38 Å². The first-order chi connectivity index (χ1) is 8.77. The number of hydrogen-bond acceptors (Lipinski definition) is 2. The Morgan fingerprint density at radius 3 is 2.78 bits per heavy atom. The molecule has 1 amide bonds. The van der Waals surface area contributed by atoms with Crippen LogP contribution in [0, 0.1) is 5.92 Å². The van der Waals surface area contributed by atoms with Gasteiger partial charge >= 0.3 is 0 Å². The standard InChI is InChI=1S/C14H18ClNO2/c15-13(12-4-2-1-3-5-12)14(17)16-8-9-18-10-11-6-7-11/h1-5,11,13H,6-10H2,(H,16,17). The van der Waals surface area contributed by atoms with E-state index in [1.165, 1.54) is 12.8 Å². The fourth-order valence-electron chi connectivity index (χ4n) is 1.64. The monoisotopic (exact) mass is 267 g/mol. The molecule has 18 heavy (non-hydrogen) atoms. The molecule has 1 atom stereocenters. The second kappa shape index (κ2) is 6.76. The van der Waals surface area contributed by atoms with Crippen LogP contribution in [0.4, 0.5) is 0 Å². The van der Waals surface area contributed by atoms with Crippen LogP contribution in [-0.2, 0) is 9.53 Å². The Morgan fingerprint density at radius 2 is 2.11 bits per heavy atom. The van der Waals surface area contributed by atoms with Crippen molar-refractivity contribution >= 4 is 17.5 Å². The van der Waals surface area contributed by atoms with Gasteiger partial charge in [0.15, 0.2) is 0 Å². The average Bonchev–Trinajstić information content (AvgIpc) is 3.22. The Kier molecular flexibility index (Phi) is 5.02.